The number of carbonyl (C=O) groups is 2. The first-order valence-corrected chi connectivity index (χ1v) is 15.2. The maximum atomic E-state index is 13.8. The van der Waals surface area contributed by atoms with E-state index in [4.69, 9.17) is 9.31 Å². The summed E-state index contributed by atoms with van der Waals surface area (Å²) in [5.74, 6) is -0.751. The van der Waals surface area contributed by atoms with Crippen molar-refractivity contribution >= 4 is 66.7 Å². The number of hydrogen-bond donors (Lipinski definition) is 3. The molecule has 1 aliphatic heterocycles. The molecule has 1 heterocycles. The Bertz CT molecular complexity index is 1080. The van der Waals surface area contributed by atoms with Crippen molar-refractivity contribution in [3.05, 3.63) is 67.0 Å². The average Bonchev–Trinajstić information content (AvgIpc) is 2.84. The van der Waals surface area contributed by atoms with E-state index in [1.807, 2.05) is 50.2 Å². The van der Waals surface area contributed by atoms with Crippen LogP contribution < -0.4 is 16.0 Å². The van der Waals surface area contributed by atoms with Crippen LogP contribution in [-0.2, 0) is 20.5 Å². The van der Waals surface area contributed by atoms with Gasteiger partial charge in [-0.1, -0.05) is 44.2 Å². The fourth-order valence-corrected chi connectivity index (χ4v) is 5.95. The summed E-state index contributed by atoms with van der Waals surface area (Å²) in [4.78, 5) is 27.3. The number of amides is 2. The molecule has 3 rings (SSSR count). The molecule has 1 aliphatic rings. The minimum absolute atomic E-state index is 0.0786. The maximum Gasteiger partial charge on any atom is 0.481 e. The minimum atomic E-state index is -0.817. The third kappa shape index (κ3) is 9.16. The molecule has 1 fully saturated rings. The zero-order valence-electron chi connectivity index (χ0n) is 22.1. The molecule has 0 aromatic heterocycles. The Morgan fingerprint density at radius 1 is 0.974 bits per heavy atom. The van der Waals surface area contributed by atoms with Gasteiger partial charge in [-0.3, -0.25) is 9.59 Å². The van der Waals surface area contributed by atoms with Gasteiger partial charge in [-0.15, -0.1) is 0 Å². The number of rotatable bonds is 9. The average molecular weight is 716 g/mol. The van der Waals surface area contributed by atoms with Crippen LogP contribution in [-0.4, -0.2) is 56.2 Å². The third-order valence-corrected chi connectivity index (χ3v) is 8.83. The second-order valence-electron chi connectivity index (χ2n) is 10.1. The third-order valence-electron chi connectivity index (χ3n) is 6.15. The Balaban J connectivity index is 1.87. The highest BCUT2D eigenvalue weighted by molar-refractivity contribution is 9.13. The van der Waals surface area contributed by atoms with Gasteiger partial charge in [0.25, 0.3) is 5.91 Å². The molecule has 7 nitrogen and oxygen atoms in total. The lowest BCUT2D eigenvalue weighted by Crippen LogP contribution is -2.58. The fraction of sp³-hybridized carbons (Fsp3) is 0.481. The van der Waals surface area contributed by atoms with Gasteiger partial charge in [0.05, 0.1) is 23.7 Å². The standard InChI is InChI=1S/C27H35BBr3N3O4/c1-16(2)12-23(28-37-17(3)14-32-15-18(4)38-28)34-26(35)22(13-19-8-6-5-7-9-19)33-27(36)24-20(29)10-11-21(30)25(24)31/h5-11,16-18,22-23,32H,12-15H2,1-4H3,(H,33,36)(H,34,35)/t17?,18?,22-,23-/m0/s1. The van der Waals surface area contributed by atoms with E-state index in [1.54, 1.807) is 6.07 Å². The second-order valence-corrected chi connectivity index (χ2v) is 12.6. The van der Waals surface area contributed by atoms with E-state index in [0.29, 0.717) is 40.4 Å². The molecule has 2 aromatic rings. The fourth-order valence-electron chi connectivity index (χ4n) is 4.32. The van der Waals surface area contributed by atoms with Crippen LogP contribution in [0.3, 0.4) is 0 Å². The van der Waals surface area contributed by atoms with Gasteiger partial charge in [-0.25, -0.2) is 0 Å². The van der Waals surface area contributed by atoms with Crippen LogP contribution in [0, 0.1) is 5.92 Å². The second kappa shape index (κ2) is 15.0. The summed E-state index contributed by atoms with van der Waals surface area (Å²) in [5, 5.41) is 9.46. The van der Waals surface area contributed by atoms with Crippen molar-refractivity contribution in [2.45, 2.75) is 64.7 Å². The van der Waals surface area contributed by atoms with E-state index in [1.165, 1.54) is 0 Å². The van der Waals surface area contributed by atoms with Gasteiger partial charge in [-0.2, -0.15) is 0 Å². The van der Waals surface area contributed by atoms with E-state index < -0.39 is 13.2 Å². The van der Waals surface area contributed by atoms with Gasteiger partial charge in [0.1, 0.15) is 6.04 Å². The van der Waals surface area contributed by atoms with Gasteiger partial charge in [0.15, 0.2) is 0 Å². The Kier molecular flexibility index (Phi) is 12.3. The van der Waals surface area contributed by atoms with Gasteiger partial charge >= 0.3 is 7.12 Å². The predicted octanol–water partition coefficient (Wildman–Crippen LogP) is 5.29. The molecule has 0 aliphatic carbocycles. The van der Waals surface area contributed by atoms with Crippen LogP contribution in [0.25, 0.3) is 0 Å². The molecule has 206 valence electrons. The predicted molar refractivity (Wildman–Crippen MR) is 162 cm³/mol. The van der Waals surface area contributed by atoms with Crippen LogP contribution >= 0.6 is 47.8 Å². The van der Waals surface area contributed by atoms with E-state index in [2.05, 4.69) is 77.6 Å². The monoisotopic (exact) mass is 713 g/mol. The smallest absolute Gasteiger partial charge is 0.406 e. The summed E-state index contributed by atoms with van der Waals surface area (Å²) in [5.41, 5.74) is 1.35. The molecule has 2 unspecified atom stereocenters. The van der Waals surface area contributed by atoms with E-state index in [0.717, 1.165) is 10.0 Å². The summed E-state index contributed by atoms with van der Waals surface area (Å²) in [7, 11) is -0.602. The number of carbonyl (C=O) groups excluding carboxylic acids is 2. The van der Waals surface area contributed by atoms with Crippen molar-refractivity contribution in [1.82, 2.24) is 16.0 Å². The van der Waals surface area contributed by atoms with Crippen molar-refractivity contribution in [3.63, 3.8) is 0 Å². The van der Waals surface area contributed by atoms with Crippen molar-refractivity contribution in [2.24, 2.45) is 5.92 Å². The molecule has 4 atom stereocenters. The molecule has 11 heteroatoms. The highest BCUT2D eigenvalue weighted by atomic mass is 79.9. The minimum Gasteiger partial charge on any atom is -0.406 e. The lowest BCUT2D eigenvalue weighted by atomic mass is 9.72. The number of hydrogen-bond acceptors (Lipinski definition) is 5. The van der Waals surface area contributed by atoms with Crippen LogP contribution in [0.2, 0.25) is 0 Å². The summed E-state index contributed by atoms with van der Waals surface area (Å²) in [6, 6.07) is 12.5. The topological polar surface area (TPSA) is 88.7 Å². The summed E-state index contributed by atoms with van der Waals surface area (Å²) in [6.45, 7) is 9.58. The Labute approximate surface area is 251 Å². The lowest BCUT2D eigenvalue weighted by molar-refractivity contribution is -0.123. The molecule has 3 N–H and O–H groups in total. The summed E-state index contributed by atoms with van der Waals surface area (Å²) in [6.07, 6.45) is 0.840. The van der Waals surface area contributed by atoms with Gasteiger partial charge in [0.2, 0.25) is 5.91 Å². The molecular weight excluding hydrogens is 681 g/mol. The molecule has 1 saturated heterocycles. The van der Waals surface area contributed by atoms with Gasteiger partial charge in [0, 0.05) is 32.9 Å². The Hall–Kier alpha value is -1.24. The number of nitrogens with one attached hydrogen (secondary N) is 3. The van der Waals surface area contributed by atoms with Crippen molar-refractivity contribution in [3.8, 4) is 0 Å². The zero-order chi connectivity index (χ0) is 27.8. The van der Waals surface area contributed by atoms with Crippen molar-refractivity contribution in [1.29, 1.82) is 0 Å². The molecule has 0 bridgehead atoms. The van der Waals surface area contributed by atoms with Gasteiger partial charge < -0.3 is 25.3 Å². The first-order valence-electron chi connectivity index (χ1n) is 12.9. The normalized spacial score (nSPS) is 19.8. The number of halogens is 3. The lowest BCUT2D eigenvalue weighted by Gasteiger charge is -2.33. The highest BCUT2D eigenvalue weighted by Crippen LogP contribution is 2.32. The van der Waals surface area contributed by atoms with E-state index in [9.17, 15) is 9.59 Å². The first-order chi connectivity index (χ1) is 18.0. The Morgan fingerprint density at radius 2 is 1.58 bits per heavy atom. The first kappa shape index (κ1) is 31.3. The van der Waals surface area contributed by atoms with Crippen molar-refractivity contribution in [2.75, 3.05) is 13.1 Å². The van der Waals surface area contributed by atoms with Gasteiger partial charge in [-0.05, 0) is 91.7 Å². The maximum absolute atomic E-state index is 13.8. The van der Waals surface area contributed by atoms with E-state index in [-0.39, 0.29) is 35.9 Å². The van der Waals surface area contributed by atoms with Crippen LogP contribution in [0.15, 0.2) is 55.9 Å². The largest absolute Gasteiger partial charge is 0.481 e. The SMILES string of the molecule is CC(C)C[C@H](NC(=O)[C@H](Cc1ccccc1)NC(=O)c1c(Br)ccc(Br)c1Br)B1OC(C)CNCC(C)O1. The van der Waals surface area contributed by atoms with Crippen molar-refractivity contribution < 1.29 is 18.9 Å². The van der Waals surface area contributed by atoms with Crippen LogP contribution in [0.4, 0.5) is 0 Å². The molecule has 0 saturated carbocycles. The number of benzene rings is 2. The molecule has 0 spiro atoms. The summed E-state index contributed by atoms with van der Waals surface area (Å²) < 4.78 is 14.4. The van der Waals surface area contributed by atoms with E-state index >= 15 is 0 Å². The zero-order valence-corrected chi connectivity index (χ0v) is 26.9. The molecule has 0 radical (unpaired) electrons. The summed E-state index contributed by atoms with van der Waals surface area (Å²) >= 11 is 10.4. The van der Waals surface area contributed by atoms with Crippen LogP contribution in [0.1, 0.15) is 50.0 Å². The Morgan fingerprint density at radius 3 is 2.18 bits per heavy atom. The quantitative estimate of drug-likeness (QED) is 0.243. The van der Waals surface area contributed by atoms with Crippen LogP contribution in [0.5, 0.6) is 0 Å². The molecular formula is C27H35BBr3N3O4. The molecule has 38 heavy (non-hydrogen) atoms. The molecule has 2 aromatic carbocycles. The molecule has 2 amide bonds. The highest BCUT2D eigenvalue weighted by Gasteiger charge is 2.38.